The van der Waals surface area contributed by atoms with Crippen LogP contribution in [0.1, 0.15) is 50.2 Å². The van der Waals surface area contributed by atoms with E-state index in [2.05, 4.69) is 9.97 Å². The van der Waals surface area contributed by atoms with E-state index in [0.717, 1.165) is 15.7 Å². The van der Waals surface area contributed by atoms with Gasteiger partial charge < -0.3 is 14.3 Å². The topological polar surface area (TPSA) is 121 Å². The van der Waals surface area contributed by atoms with Crippen molar-refractivity contribution in [2.75, 3.05) is 6.61 Å². The fraction of sp³-hybridized carbons (Fsp3) is 0.233. The lowest BCUT2D eigenvalue weighted by molar-refractivity contribution is 0.0522. The van der Waals surface area contributed by atoms with Crippen molar-refractivity contribution in [3.8, 4) is 0 Å². The first-order valence-corrected chi connectivity index (χ1v) is 13.0. The molecule has 0 amide bonds. The number of nitrogens with one attached hydrogen (secondary N) is 1. The van der Waals surface area contributed by atoms with Crippen LogP contribution in [0.3, 0.4) is 0 Å². The molecular formula is C30H29N5O5. The minimum absolute atomic E-state index is 0.106. The summed E-state index contributed by atoms with van der Waals surface area (Å²) >= 11 is 0. The number of H-pyrrole nitrogens is 1. The highest BCUT2D eigenvalue weighted by Crippen LogP contribution is 2.21. The molecule has 5 aromatic rings. The van der Waals surface area contributed by atoms with E-state index in [0.29, 0.717) is 17.9 Å². The van der Waals surface area contributed by atoms with Crippen LogP contribution >= 0.6 is 0 Å². The molecule has 0 fully saturated rings. The highest BCUT2D eigenvalue weighted by Gasteiger charge is 2.27. The van der Waals surface area contributed by atoms with Gasteiger partial charge in [0.25, 0.3) is 5.56 Å². The van der Waals surface area contributed by atoms with Gasteiger partial charge in [-0.1, -0.05) is 60.7 Å². The van der Waals surface area contributed by atoms with Gasteiger partial charge in [0.15, 0.2) is 16.9 Å². The van der Waals surface area contributed by atoms with Crippen molar-refractivity contribution in [1.29, 1.82) is 0 Å². The Kier molecular flexibility index (Phi) is 7.33. The molecule has 0 aliphatic heterocycles. The lowest BCUT2D eigenvalue weighted by atomic mass is 10.0. The number of fused-ring (bicyclic) bond motifs is 1. The van der Waals surface area contributed by atoms with Gasteiger partial charge in [-0.05, 0) is 31.9 Å². The van der Waals surface area contributed by atoms with Crippen LogP contribution < -0.4 is 11.2 Å². The molecule has 0 aliphatic rings. The highest BCUT2D eigenvalue weighted by molar-refractivity contribution is 6.08. The van der Waals surface area contributed by atoms with Crippen LogP contribution in [0.2, 0.25) is 0 Å². The van der Waals surface area contributed by atoms with Crippen LogP contribution in [-0.4, -0.2) is 42.0 Å². The van der Waals surface area contributed by atoms with Gasteiger partial charge in [-0.2, -0.15) is 0 Å². The van der Waals surface area contributed by atoms with Crippen molar-refractivity contribution in [3.05, 3.63) is 121 Å². The summed E-state index contributed by atoms with van der Waals surface area (Å²) < 4.78 is 9.17. The number of ether oxygens (including phenoxy) is 1. The quantitative estimate of drug-likeness (QED) is 0.226. The third kappa shape index (κ3) is 4.91. The Bertz CT molecular complexity index is 1830. The van der Waals surface area contributed by atoms with E-state index < -0.39 is 29.5 Å². The van der Waals surface area contributed by atoms with E-state index >= 15 is 0 Å². The number of hydrogen-bond acceptors (Lipinski definition) is 6. The molecule has 0 saturated carbocycles. The normalized spacial score (nSPS) is 11.2. The number of aromatic nitrogens is 5. The molecular weight excluding hydrogens is 510 g/mol. The van der Waals surface area contributed by atoms with Crippen molar-refractivity contribution in [2.24, 2.45) is 0 Å². The minimum Gasteiger partial charge on any atom is -0.462 e. The van der Waals surface area contributed by atoms with Crippen LogP contribution in [-0.2, 0) is 24.4 Å². The van der Waals surface area contributed by atoms with Crippen molar-refractivity contribution >= 4 is 22.9 Å². The van der Waals surface area contributed by atoms with Crippen LogP contribution in [0.15, 0.2) is 76.6 Å². The number of aromatic amines is 1. The van der Waals surface area contributed by atoms with Crippen molar-refractivity contribution in [1.82, 2.24) is 23.7 Å². The fourth-order valence-electron chi connectivity index (χ4n) is 5.00. The number of benzene rings is 2. The number of aryl methyl sites for hydroxylation is 2. The Hall–Kier alpha value is -4.99. The molecule has 0 spiro atoms. The third-order valence-corrected chi connectivity index (χ3v) is 6.80. The Balaban J connectivity index is 1.66. The van der Waals surface area contributed by atoms with E-state index in [4.69, 9.17) is 4.74 Å². The van der Waals surface area contributed by atoms with Gasteiger partial charge in [0.05, 0.1) is 37.2 Å². The minimum atomic E-state index is -0.665. The number of ketones is 1. The summed E-state index contributed by atoms with van der Waals surface area (Å²) in [7, 11) is 0. The SMILES string of the molecule is CCOC(=O)c1c(C)[nH]c(C)c1C(=O)Cn1c(=O)c2c(ncn2Cc2ccccc2)n(Cc2ccccc2)c1=O. The number of carbonyl (C=O) groups is 2. The molecule has 0 unspecified atom stereocenters. The summed E-state index contributed by atoms with van der Waals surface area (Å²) in [5.41, 5.74) is 2.08. The molecule has 0 saturated heterocycles. The maximum Gasteiger partial charge on any atom is 0.340 e. The van der Waals surface area contributed by atoms with E-state index in [-0.39, 0.29) is 35.4 Å². The standard InChI is InChI=1S/C30H29N5O5/c1-4-40-29(38)25-20(3)32-19(2)24(25)23(36)17-35-28(37)26-27(31-18-33(26)15-21-11-7-5-8-12-21)34(30(35)39)16-22-13-9-6-10-14-22/h5-14,18,32H,4,15-17H2,1-3H3. The molecule has 5 rings (SSSR count). The molecule has 0 radical (unpaired) electrons. The van der Waals surface area contributed by atoms with Gasteiger partial charge in [-0.25, -0.2) is 14.6 Å². The first-order chi connectivity index (χ1) is 19.3. The lowest BCUT2D eigenvalue weighted by Gasteiger charge is -2.13. The Morgan fingerprint density at radius 1 is 0.850 bits per heavy atom. The Morgan fingerprint density at radius 3 is 2.08 bits per heavy atom. The maximum absolute atomic E-state index is 13.8. The molecule has 0 aliphatic carbocycles. The zero-order valence-electron chi connectivity index (χ0n) is 22.5. The Morgan fingerprint density at radius 2 is 1.45 bits per heavy atom. The molecule has 0 atom stereocenters. The van der Waals surface area contributed by atoms with Crippen molar-refractivity contribution < 1.29 is 14.3 Å². The van der Waals surface area contributed by atoms with Crippen molar-refractivity contribution in [3.63, 3.8) is 0 Å². The second-order valence-electron chi connectivity index (χ2n) is 9.54. The summed E-state index contributed by atoms with van der Waals surface area (Å²) in [5.74, 6) is -1.19. The number of hydrogen-bond donors (Lipinski definition) is 1. The first-order valence-electron chi connectivity index (χ1n) is 13.0. The van der Waals surface area contributed by atoms with E-state index in [1.165, 1.54) is 10.9 Å². The summed E-state index contributed by atoms with van der Waals surface area (Å²) in [6, 6.07) is 18.9. The van der Waals surface area contributed by atoms with Crippen LogP contribution in [0.5, 0.6) is 0 Å². The lowest BCUT2D eigenvalue weighted by Crippen LogP contribution is -2.42. The smallest absolute Gasteiger partial charge is 0.340 e. The maximum atomic E-state index is 13.8. The number of rotatable bonds is 9. The van der Waals surface area contributed by atoms with Crippen molar-refractivity contribution in [2.45, 2.75) is 40.4 Å². The number of nitrogens with zero attached hydrogens (tertiary/aromatic N) is 4. The van der Waals surface area contributed by atoms with Gasteiger partial charge in [0.1, 0.15) is 0 Å². The molecule has 1 N–H and O–H groups in total. The van der Waals surface area contributed by atoms with Gasteiger partial charge in [-0.15, -0.1) is 0 Å². The number of carbonyl (C=O) groups excluding carboxylic acids is 2. The first kappa shape index (κ1) is 26.6. The summed E-state index contributed by atoms with van der Waals surface area (Å²) in [6.45, 7) is 5.11. The summed E-state index contributed by atoms with van der Waals surface area (Å²) in [6.07, 6.45) is 1.53. The van der Waals surface area contributed by atoms with Gasteiger partial charge in [0, 0.05) is 17.9 Å². The van der Waals surface area contributed by atoms with E-state index in [1.54, 1.807) is 25.3 Å². The van der Waals surface area contributed by atoms with Crippen LogP contribution in [0, 0.1) is 13.8 Å². The summed E-state index contributed by atoms with van der Waals surface area (Å²) in [4.78, 5) is 61.4. The third-order valence-electron chi connectivity index (χ3n) is 6.80. The number of Topliss-reactive ketones (excluding diaryl/α,β-unsaturated/α-hetero) is 1. The number of esters is 1. The highest BCUT2D eigenvalue weighted by atomic mass is 16.5. The fourth-order valence-corrected chi connectivity index (χ4v) is 5.00. The second kappa shape index (κ2) is 11.0. The molecule has 204 valence electrons. The molecule has 2 aromatic carbocycles. The molecule has 10 heteroatoms. The van der Waals surface area contributed by atoms with Crippen LogP contribution in [0.25, 0.3) is 11.2 Å². The van der Waals surface area contributed by atoms with Gasteiger partial charge in [0.2, 0.25) is 0 Å². The molecule has 10 nitrogen and oxygen atoms in total. The monoisotopic (exact) mass is 539 g/mol. The zero-order chi connectivity index (χ0) is 28.4. The molecule has 0 bridgehead atoms. The zero-order valence-corrected chi connectivity index (χ0v) is 22.5. The molecule has 40 heavy (non-hydrogen) atoms. The molecule has 3 aromatic heterocycles. The average Bonchev–Trinajstić information content (AvgIpc) is 3.49. The Labute approximate surface area is 229 Å². The largest absolute Gasteiger partial charge is 0.462 e. The van der Waals surface area contributed by atoms with Gasteiger partial charge >= 0.3 is 11.7 Å². The molecule has 3 heterocycles. The average molecular weight is 540 g/mol. The summed E-state index contributed by atoms with van der Waals surface area (Å²) in [5, 5.41) is 0. The second-order valence-corrected chi connectivity index (χ2v) is 9.54. The predicted molar refractivity (Wildman–Crippen MR) is 150 cm³/mol. The predicted octanol–water partition coefficient (Wildman–Crippen LogP) is 3.46. The van der Waals surface area contributed by atoms with Crippen LogP contribution in [0.4, 0.5) is 0 Å². The van der Waals surface area contributed by atoms with Gasteiger partial charge in [-0.3, -0.25) is 18.7 Å². The number of imidazole rings is 1. The van der Waals surface area contributed by atoms with E-state index in [1.807, 2.05) is 60.7 Å². The van der Waals surface area contributed by atoms with E-state index in [9.17, 15) is 19.2 Å².